The molecule has 0 aliphatic heterocycles. The van der Waals surface area contributed by atoms with Gasteiger partial charge in [-0.05, 0) is 64.2 Å². The topological polar surface area (TPSA) is 108 Å². The van der Waals surface area contributed by atoms with Gasteiger partial charge in [0.1, 0.15) is 13.2 Å². The highest BCUT2D eigenvalue weighted by molar-refractivity contribution is 7.45. The maximum absolute atomic E-state index is 12.8. The predicted octanol–water partition coefficient (Wildman–Crippen LogP) is 13.3. The minimum absolute atomic E-state index is 0.00385. The van der Waals surface area contributed by atoms with E-state index in [2.05, 4.69) is 79.9 Å². The lowest BCUT2D eigenvalue weighted by Gasteiger charge is -2.29. The Hall–Kier alpha value is -2.06. The van der Waals surface area contributed by atoms with Crippen LogP contribution in [-0.2, 0) is 18.4 Å². The summed E-state index contributed by atoms with van der Waals surface area (Å²) in [5.74, 6) is -0.205. The van der Waals surface area contributed by atoms with E-state index in [4.69, 9.17) is 9.05 Å². The Kier molecular flexibility index (Phi) is 40.8. The molecule has 0 aromatic heterocycles. The van der Waals surface area contributed by atoms with Crippen LogP contribution in [0.2, 0.25) is 0 Å². The van der Waals surface area contributed by atoms with Crippen LogP contribution in [0.1, 0.15) is 194 Å². The summed E-state index contributed by atoms with van der Waals surface area (Å²) in [6.07, 6.45) is 56.8. The number of unbranched alkanes of at least 4 members (excludes halogenated alkanes) is 20. The number of rotatable bonds is 43. The number of quaternary nitrogens is 1. The molecular weight excluding hydrogens is 768 g/mol. The van der Waals surface area contributed by atoms with E-state index in [1.165, 1.54) is 103 Å². The summed E-state index contributed by atoms with van der Waals surface area (Å²) in [6.45, 7) is 4.49. The van der Waals surface area contributed by atoms with Crippen molar-refractivity contribution in [2.24, 2.45) is 0 Å². The molecule has 0 aliphatic rings. The second-order valence-corrected chi connectivity index (χ2v) is 18.8. The molecule has 60 heavy (non-hydrogen) atoms. The summed E-state index contributed by atoms with van der Waals surface area (Å²) in [5, 5.41) is 13.7. The van der Waals surface area contributed by atoms with Gasteiger partial charge in [0.25, 0.3) is 7.82 Å². The van der Waals surface area contributed by atoms with Crippen LogP contribution >= 0.6 is 7.82 Å². The van der Waals surface area contributed by atoms with Crippen LogP contribution in [-0.4, -0.2) is 68.5 Å². The lowest BCUT2D eigenvalue weighted by molar-refractivity contribution is -0.870. The largest absolute Gasteiger partial charge is 0.756 e. The van der Waals surface area contributed by atoms with E-state index in [1.54, 1.807) is 6.08 Å². The van der Waals surface area contributed by atoms with Gasteiger partial charge in [-0.15, -0.1) is 0 Å². The Balaban J connectivity index is 4.10. The van der Waals surface area contributed by atoms with Crippen LogP contribution in [0.5, 0.6) is 0 Å². The number of aliphatic hydroxyl groups is 1. The number of allylic oxidation sites excluding steroid dienone is 11. The summed E-state index contributed by atoms with van der Waals surface area (Å²) in [5.41, 5.74) is 0. The minimum atomic E-state index is -4.59. The maximum Gasteiger partial charge on any atom is 0.268 e. The molecule has 0 heterocycles. The van der Waals surface area contributed by atoms with Crippen LogP contribution in [0.25, 0.3) is 0 Å². The van der Waals surface area contributed by atoms with Gasteiger partial charge >= 0.3 is 0 Å². The number of phosphoric ester groups is 1. The van der Waals surface area contributed by atoms with Crippen LogP contribution in [0.15, 0.2) is 72.9 Å². The highest BCUT2D eigenvalue weighted by atomic mass is 31.2. The van der Waals surface area contributed by atoms with Crippen molar-refractivity contribution in [1.29, 1.82) is 0 Å². The third kappa shape index (κ3) is 44.0. The van der Waals surface area contributed by atoms with E-state index in [0.717, 1.165) is 70.6 Å². The minimum Gasteiger partial charge on any atom is -0.756 e. The molecule has 0 rings (SSSR count). The van der Waals surface area contributed by atoms with Crippen molar-refractivity contribution in [3.05, 3.63) is 72.9 Å². The molecule has 0 fully saturated rings. The van der Waals surface area contributed by atoms with Crippen molar-refractivity contribution < 1.29 is 32.9 Å². The first-order valence-electron chi connectivity index (χ1n) is 24.3. The Morgan fingerprint density at radius 3 is 1.48 bits per heavy atom. The van der Waals surface area contributed by atoms with E-state index in [0.29, 0.717) is 17.4 Å². The molecule has 0 saturated heterocycles. The van der Waals surface area contributed by atoms with Crippen LogP contribution in [0.4, 0.5) is 0 Å². The zero-order chi connectivity index (χ0) is 44.3. The number of carbonyl (C=O) groups excluding carboxylic acids is 1. The number of aliphatic hydroxyl groups excluding tert-OH is 1. The molecule has 3 unspecified atom stereocenters. The molecule has 0 aromatic rings. The SMILES string of the molecule is CC/C=C\C/C=C\C/C=C\C/C=C\C/C=C\CCCCCCCCCCCCCCCC(=O)NC(COP(=O)([O-])OCC[N+](C)(C)C)C(O)/C=C/CCCCCCCCC. The Morgan fingerprint density at radius 2 is 1.02 bits per heavy atom. The molecular formula is C51H93N2O6P. The van der Waals surface area contributed by atoms with Crippen molar-refractivity contribution >= 4 is 13.7 Å². The fourth-order valence-electron chi connectivity index (χ4n) is 6.59. The monoisotopic (exact) mass is 861 g/mol. The van der Waals surface area contributed by atoms with Gasteiger partial charge in [0.05, 0.1) is 39.9 Å². The summed E-state index contributed by atoms with van der Waals surface area (Å²) in [4.78, 5) is 25.3. The third-order valence-electron chi connectivity index (χ3n) is 10.4. The van der Waals surface area contributed by atoms with E-state index in [-0.39, 0.29) is 19.1 Å². The predicted molar refractivity (Wildman–Crippen MR) is 256 cm³/mol. The van der Waals surface area contributed by atoms with E-state index in [1.807, 2.05) is 27.2 Å². The molecule has 0 spiro atoms. The molecule has 9 heteroatoms. The number of amides is 1. The van der Waals surface area contributed by atoms with Crippen molar-refractivity contribution in [2.75, 3.05) is 40.9 Å². The molecule has 0 aromatic carbocycles. The lowest BCUT2D eigenvalue weighted by Crippen LogP contribution is -2.45. The van der Waals surface area contributed by atoms with E-state index in [9.17, 15) is 19.4 Å². The third-order valence-corrected chi connectivity index (χ3v) is 11.4. The van der Waals surface area contributed by atoms with Crippen molar-refractivity contribution in [3.8, 4) is 0 Å². The average molecular weight is 861 g/mol. The van der Waals surface area contributed by atoms with Gasteiger partial charge in [-0.25, -0.2) is 0 Å². The van der Waals surface area contributed by atoms with Gasteiger partial charge in [0, 0.05) is 6.42 Å². The zero-order valence-electron chi connectivity index (χ0n) is 39.4. The number of phosphoric acid groups is 1. The van der Waals surface area contributed by atoms with Gasteiger partial charge < -0.3 is 28.8 Å². The summed E-state index contributed by atoms with van der Waals surface area (Å²) in [6, 6.07) is -0.887. The van der Waals surface area contributed by atoms with Gasteiger partial charge in [-0.3, -0.25) is 9.36 Å². The standard InChI is InChI=1S/C51H93N2O6P/c1-6-8-10-12-14-16-17-18-19-20-21-22-23-24-25-26-27-28-29-30-31-32-33-34-35-37-39-41-43-45-51(55)52-49(48-59-60(56,57)58-47-46-53(3,4)5)50(54)44-42-40-38-36-15-13-11-9-7-2/h8,10,14,16,18-19,21-22,24-25,42,44,49-50,54H,6-7,9,11-13,15,17,20,23,26-41,43,45-48H2,1-5H3,(H-,52,55,56,57)/b10-8-,16-14-,19-18-,22-21-,25-24-,44-42+. The highest BCUT2D eigenvalue weighted by Gasteiger charge is 2.23. The van der Waals surface area contributed by atoms with Crippen molar-refractivity contribution in [3.63, 3.8) is 0 Å². The van der Waals surface area contributed by atoms with Crippen LogP contribution in [0, 0.1) is 0 Å². The number of carbonyl (C=O) groups is 1. The Labute approximate surface area is 370 Å². The molecule has 1 amide bonds. The Bertz CT molecular complexity index is 1200. The molecule has 348 valence electrons. The first-order valence-corrected chi connectivity index (χ1v) is 25.8. The fourth-order valence-corrected chi connectivity index (χ4v) is 7.31. The van der Waals surface area contributed by atoms with Gasteiger partial charge in [-0.1, -0.05) is 196 Å². The number of hydrogen-bond acceptors (Lipinski definition) is 6. The van der Waals surface area contributed by atoms with Gasteiger partial charge in [0.2, 0.25) is 5.91 Å². The van der Waals surface area contributed by atoms with Crippen LogP contribution < -0.4 is 10.2 Å². The fraction of sp³-hybridized carbons (Fsp3) is 0.745. The lowest BCUT2D eigenvalue weighted by atomic mass is 10.0. The van der Waals surface area contributed by atoms with Crippen LogP contribution in [0.3, 0.4) is 0 Å². The molecule has 0 saturated carbocycles. The van der Waals surface area contributed by atoms with E-state index >= 15 is 0 Å². The van der Waals surface area contributed by atoms with Crippen molar-refractivity contribution in [2.45, 2.75) is 206 Å². The average Bonchev–Trinajstić information content (AvgIpc) is 3.20. The number of nitrogens with zero attached hydrogens (tertiary/aromatic N) is 1. The normalized spacial score (nSPS) is 14.8. The summed E-state index contributed by atoms with van der Waals surface area (Å²) >= 11 is 0. The van der Waals surface area contributed by atoms with Gasteiger partial charge in [-0.2, -0.15) is 0 Å². The first-order chi connectivity index (χ1) is 29.0. The maximum atomic E-state index is 12.8. The second kappa shape index (κ2) is 42.3. The summed E-state index contributed by atoms with van der Waals surface area (Å²) in [7, 11) is 1.25. The highest BCUT2D eigenvalue weighted by Crippen LogP contribution is 2.38. The molecule has 2 N–H and O–H groups in total. The number of nitrogens with one attached hydrogen (secondary N) is 1. The first kappa shape index (κ1) is 57.9. The van der Waals surface area contributed by atoms with E-state index < -0.39 is 20.0 Å². The smallest absolute Gasteiger partial charge is 0.268 e. The number of likely N-dealkylation sites (N-methyl/N-ethyl adjacent to an activating group) is 1. The summed E-state index contributed by atoms with van der Waals surface area (Å²) < 4.78 is 23.2. The number of hydrogen-bond donors (Lipinski definition) is 2. The molecule has 0 aliphatic carbocycles. The molecule has 0 bridgehead atoms. The van der Waals surface area contributed by atoms with Crippen molar-refractivity contribution in [1.82, 2.24) is 5.32 Å². The quantitative estimate of drug-likeness (QED) is 0.0274. The molecule has 3 atom stereocenters. The second-order valence-electron chi connectivity index (χ2n) is 17.4. The Morgan fingerprint density at radius 1 is 0.600 bits per heavy atom. The van der Waals surface area contributed by atoms with Gasteiger partial charge in [0.15, 0.2) is 0 Å². The molecule has 8 nitrogen and oxygen atoms in total. The molecule has 0 radical (unpaired) electrons. The zero-order valence-corrected chi connectivity index (χ0v) is 40.3.